The predicted molar refractivity (Wildman–Crippen MR) is 72.4 cm³/mol. The van der Waals surface area contributed by atoms with Crippen LogP contribution in [0.3, 0.4) is 0 Å². The Balaban J connectivity index is 2.10. The zero-order chi connectivity index (χ0) is 11.0. The lowest BCUT2D eigenvalue weighted by atomic mass is 9.95. The van der Waals surface area contributed by atoms with Gasteiger partial charge in [0, 0.05) is 34.8 Å². The van der Waals surface area contributed by atoms with Gasteiger partial charge in [-0.15, -0.1) is 0 Å². The molecular weight excluding hydrogens is 313 g/mol. The van der Waals surface area contributed by atoms with Crippen LogP contribution in [0.2, 0.25) is 0 Å². The summed E-state index contributed by atoms with van der Waals surface area (Å²) in [5, 5.41) is 0. The first-order valence-corrected chi connectivity index (χ1v) is 6.92. The molecule has 0 saturated heterocycles. The number of nitrogens with zero attached hydrogens (tertiary/aromatic N) is 3. The first-order chi connectivity index (χ1) is 7.86. The monoisotopic (exact) mass is 327 g/mol. The van der Waals surface area contributed by atoms with Crippen LogP contribution in [0.5, 0.6) is 0 Å². The quantitative estimate of drug-likeness (QED) is 0.750. The summed E-state index contributed by atoms with van der Waals surface area (Å²) in [6.07, 6.45) is 8.48. The fourth-order valence-electron chi connectivity index (χ4n) is 2.56. The molecule has 3 nitrogen and oxygen atoms in total. The van der Waals surface area contributed by atoms with E-state index in [0.29, 0.717) is 6.04 Å². The molecule has 0 atom stereocenters. The lowest BCUT2D eigenvalue weighted by Crippen LogP contribution is -2.14. The summed E-state index contributed by atoms with van der Waals surface area (Å²) in [7, 11) is 0. The van der Waals surface area contributed by atoms with Gasteiger partial charge in [-0.25, -0.2) is 9.97 Å². The van der Waals surface area contributed by atoms with Gasteiger partial charge in [0.1, 0.15) is 5.52 Å². The molecule has 1 saturated carbocycles. The van der Waals surface area contributed by atoms with E-state index in [1.807, 2.05) is 18.3 Å². The van der Waals surface area contributed by atoms with Gasteiger partial charge in [-0.3, -0.25) is 0 Å². The summed E-state index contributed by atoms with van der Waals surface area (Å²) in [6, 6.07) is 4.61. The molecule has 0 unspecified atom stereocenters. The molecule has 84 valence electrons. The second-order valence-corrected chi connectivity index (χ2v) is 5.35. The number of aromatic nitrogens is 3. The number of pyridine rings is 1. The summed E-state index contributed by atoms with van der Waals surface area (Å²) in [6.45, 7) is 0. The van der Waals surface area contributed by atoms with Crippen LogP contribution in [0.15, 0.2) is 18.3 Å². The Bertz CT molecular complexity index is 500. The highest BCUT2D eigenvalue weighted by atomic mass is 127. The maximum Gasteiger partial charge on any atom is 0.173 e. The molecule has 0 bridgehead atoms. The van der Waals surface area contributed by atoms with Crippen LogP contribution in [-0.2, 0) is 0 Å². The van der Waals surface area contributed by atoms with Crippen molar-refractivity contribution in [3.8, 4) is 0 Å². The summed E-state index contributed by atoms with van der Waals surface area (Å²) in [5.41, 5.74) is 2.08. The van der Waals surface area contributed by atoms with Crippen molar-refractivity contribution in [1.29, 1.82) is 0 Å². The van der Waals surface area contributed by atoms with Crippen LogP contribution in [0.1, 0.15) is 38.1 Å². The topological polar surface area (TPSA) is 30.7 Å². The minimum absolute atomic E-state index is 0.612. The Labute approximate surface area is 108 Å². The van der Waals surface area contributed by atoms with Crippen LogP contribution in [-0.4, -0.2) is 14.5 Å². The van der Waals surface area contributed by atoms with Crippen molar-refractivity contribution in [2.24, 2.45) is 0 Å². The van der Waals surface area contributed by atoms with E-state index in [4.69, 9.17) is 0 Å². The number of hydrogen-bond acceptors (Lipinski definition) is 2. The molecule has 2 aromatic rings. The van der Waals surface area contributed by atoms with E-state index in [1.165, 1.54) is 32.1 Å². The first kappa shape index (κ1) is 10.5. The van der Waals surface area contributed by atoms with Gasteiger partial charge >= 0.3 is 0 Å². The van der Waals surface area contributed by atoms with E-state index < -0.39 is 0 Å². The molecule has 0 spiro atoms. The van der Waals surface area contributed by atoms with Gasteiger partial charge in [-0.2, -0.15) is 0 Å². The van der Waals surface area contributed by atoms with Crippen molar-refractivity contribution in [2.45, 2.75) is 38.1 Å². The normalized spacial score (nSPS) is 18.1. The summed E-state index contributed by atoms with van der Waals surface area (Å²) < 4.78 is 3.41. The lowest BCUT2D eigenvalue weighted by Gasteiger charge is -2.23. The third-order valence-corrected chi connectivity index (χ3v) is 4.11. The summed E-state index contributed by atoms with van der Waals surface area (Å²) in [4.78, 5) is 9.05. The lowest BCUT2D eigenvalue weighted by molar-refractivity contribution is 0.354. The molecule has 3 rings (SSSR count). The maximum atomic E-state index is 4.58. The summed E-state index contributed by atoms with van der Waals surface area (Å²) in [5.74, 6) is 0. The molecule has 1 aliphatic carbocycles. The molecule has 1 aliphatic rings. The second kappa shape index (κ2) is 4.31. The molecule has 0 aliphatic heterocycles. The van der Waals surface area contributed by atoms with E-state index in [1.54, 1.807) is 0 Å². The van der Waals surface area contributed by atoms with Crippen LogP contribution < -0.4 is 0 Å². The fraction of sp³-hybridized carbons (Fsp3) is 0.500. The van der Waals surface area contributed by atoms with Crippen molar-refractivity contribution in [3.05, 3.63) is 22.2 Å². The van der Waals surface area contributed by atoms with Gasteiger partial charge < -0.3 is 4.57 Å². The molecule has 2 heterocycles. The molecule has 16 heavy (non-hydrogen) atoms. The van der Waals surface area contributed by atoms with Crippen molar-refractivity contribution in [2.75, 3.05) is 0 Å². The number of imidazole rings is 1. The molecule has 2 aromatic heterocycles. The number of fused-ring (bicyclic) bond motifs is 1. The highest BCUT2D eigenvalue weighted by Crippen LogP contribution is 2.32. The van der Waals surface area contributed by atoms with Crippen LogP contribution in [0.25, 0.3) is 11.2 Å². The zero-order valence-corrected chi connectivity index (χ0v) is 11.2. The third-order valence-electron chi connectivity index (χ3n) is 3.35. The molecule has 4 heteroatoms. The minimum atomic E-state index is 0.612. The Morgan fingerprint density at radius 1 is 1.25 bits per heavy atom. The largest absolute Gasteiger partial charge is 0.301 e. The highest BCUT2D eigenvalue weighted by molar-refractivity contribution is 14.1. The van der Waals surface area contributed by atoms with Gasteiger partial charge in [-0.05, 0) is 25.0 Å². The van der Waals surface area contributed by atoms with Crippen molar-refractivity contribution in [3.63, 3.8) is 0 Å². The standard InChI is InChI=1S/C12H14IN3/c13-12-15-10-7-4-8-14-11(10)16(12)9-5-2-1-3-6-9/h4,7-9H,1-3,5-6H2. The van der Waals surface area contributed by atoms with Crippen molar-refractivity contribution in [1.82, 2.24) is 14.5 Å². The highest BCUT2D eigenvalue weighted by Gasteiger charge is 2.20. The van der Waals surface area contributed by atoms with E-state index in [-0.39, 0.29) is 0 Å². The Morgan fingerprint density at radius 2 is 2.06 bits per heavy atom. The second-order valence-electron chi connectivity index (χ2n) is 4.39. The molecule has 0 N–H and O–H groups in total. The Kier molecular flexibility index (Phi) is 2.83. The maximum absolute atomic E-state index is 4.58. The van der Waals surface area contributed by atoms with Gasteiger partial charge in [0.15, 0.2) is 9.48 Å². The molecule has 0 radical (unpaired) electrons. The number of rotatable bonds is 1. The van der Waals surface area contributed by atoms with E-state index in [9.17, 15) is 0 Å². The minimum Gasteiger partial charge on any atom is -0.301 e. The average molecular weight is 327 g/mol. The van der Waals surface area contributed by atoms with Gasteiger partial charge in [0.05, 0.1) is 0 Å². The Hall–Kier alpha value is -0.650. The fourth-order valence-corrected chi connectivity index (χ4v) is 3.45. The smallest absolute Gasteiger partial charge is 0.173 e. The Morgan fingerprint density at radius 3 is 2.88 bits per heavy atom. The van der Waals surface area contributed by atoms with Crippen LogP contribution in [0, 0.1) is 3.83 Å². The van der Waals surface area contributed by atoms with E-state index in [2.05, 4.69) is 37.1 Å². The number of hydrogen-bond donors (Lipinski definition) is 0. The third kappa shape index (κ3) is 1.73. The SMILES string of the molecule is Ic1nc2cccnc2n1C1CCCCC1. The van der Waals surface area contributed by atoms with Crippen molar-refractivity contribution < 1.29 is 0 Å². The first-order valence-electron chi connectivity index (χ1n) is 5.85. The molecule has 0 aromatic carbocycles. The molecule has 1 fully saturated rings. The number of halogens is 1. The van der Waals surface area contributed by atoms with Crippen molar-refractivity contribution >= 4 is 33.8 Å². The van der Waals surface area contributed by atoms with E-state index in [0.717, 1.165) is 15.0 Å². The zero-order valence-electron chi connectivity index (χ0n) is 9.06. The van der Waals surface area contributed by atoms with Gasteiger partial charge in [-0.1, -0.05) is 19.3 Å². The van der Waals surface area contributed by atoms with Gasteiger partial charge in [0.2, 0.25) is 0 Å². The van der Waals surface area contributed by atoms with Crippen LogP contribution in [0.4, 0.5) is 0 Å². The summed E-state index contributed by atoms with van der Waals surface area (Å²) >= 11 is 2.33. The average Bonchev–Trinajstić information content (AvgIpc) is 2.66. The molecular formula is C12H14IN3. The van der Waals surface area contributed by atoms with E-state index >= 15 is 0 Å². The van der Waals surface area contributed by atoms with Crippen LogP contribution >= 0.6 is 22.6 Å². The molecule has 0 amide bonds. The van der Waals surface area contributed by atoms with Gasteiger partial charge in [0.25, 0.3) is 0 Å². The predicted octanol–water partition coefficient (Wildman–Crippen LogP) is 3.54.